The normalized spacial score (nSPS) is 22.5. The fourth-order valence-electron chi connectivity index (χ4n) is 3.16. The molecule has 1 aromatic rings. The standard InChI is InChI=1S/C17H25ClN4O/c1-19-17(20-12-14-5-10-23-13-14)22-8-6-21(7-9-22)16-4-2-3-15(18)11-16/h2-4,11,14H,5-10,12-13H2,1H3,(H,19,20). The van der Waals surface area contributed by atoms with Gasteiger partial charge in [0.2, 0.25) is 0 Å². The minimum Gasteiger partial charge on any atom is -0.381 e. The molecule has 0 amide bonds. The first kappa shape index (κ1) is 16.4. The van der Waals surface area contributed by atoms with Crippen molar-refractivity contribution in [2.75, 3.05) is 57.9 Å². The Morgan fingerprint density at radius 2 is 2.17 bits per heavy atom. The maximum absolute atomic E-state index is 6.09. The molecule has 126 valence electrons. The van der Waals surface area contributed by atoms with Gasteiger partial charge in [-0.1, -0.05) is 17.7 Å². The molecule has 0 aromatic heterocycles. The number of piperazine rings is 1. The van der Waals surface area contributed by atoms with Gasteiger partial charge in [-0.3, -0.25) is 4.99 Å². The quantitative estimate of drug-likeness (QED) is 0.677. The van der Waals surface area contributed by atoms with Gasteiger partial charge in [-0.25, -0.2) is 0 Å². The van der Waals surface area contributed by atoms with Crippen LogP contribution in [-0.2, 0) is 4.74 Å². The molecule has 2 saturated heterocycles. The summed E-state index contributed by atoms with van der Waals surface area (Å²) in [7, 11) is 1.86. The predicted octanol–water partition coefficient (Wildman–Crippen LogP) is 2.07. The molecule has 2 fully saturated rings. The number of hydrogen-bond donors (Lipinski definition) is 1. The number of halogens is 1. The molecule has 2 aliphatic heterocycles. The zero-order chi connectivity index (χ0) is 16.1. The number of hydrogen-bond acceptors (Lipinski definition) is 3. The molecule has 2 heterocycles. The van der Waals surface area contributed by atoms with Crippen molar-refractivity contribution in [3.63, 3.8) is 0 Å². The van der Waals surface area contributed by atoms with Gasteiger partial charge in [0.25, 0.3) is 0 Å². The van der Waals surface area contributed by atoms with Crippen molar-refractivity contribution in [1.82, 2.24) is 10.2 Å². The zero-order valence-corrected chi connectivity index (χ0v) is 14.4. The van der Waals surface area contributed by atoms with Crippen LogP contribution >= 0.6 is 11.6 Å². The lowest BCUT2D eigenvalue weighted by Crippen LogP contribution is -2.53. The summed E-state index contributed by atoms with van der Waals surface area (Å²) in [6.07, 6.45) is 1.15. The van der Waals surface area contributed by atoms with Crippen LogP contribution in [-0.4, -0.2) is 63.8 Å². The molecule has 1 aromatic carbocycles. The Balaban J connectivity index is 1.50. The molecule has 1 unspecified atom stereocenters. The van der Waals surface area contributed by atoms with Crippen LogP contribution in [0.1, 0.15) is 6.42 Å². The SMILES string of the molecule is CN=C(NCC1CCOC1)N1CCN(c2cccc(Cl)c2)CC1. The second kappa shape index (κ2) is 7.88. The van der Waals surface area contributed by atoms with Crippen LogP contribution in [0, 0.1) is 5.92 Å². The van der Waals surface area contributed by atoms with Crippen LogP contribution in [0.3, 0.4) is 0 Å². The molecule has 0 bridgehead atoms. The number of guanidine groups is 1. The molecule has 6 heteroatoms. The van der Waals surface area contributed by atoms with E-state index in [0.29, 0.717) is 5.92 Å². The maximum Gasteiger partial charge on any atom is 0.193 e. The van der Waals surface area contributed by atoms with E-state index in [1.807, 2.05) is 25.2 Å². The average Bonchev–Trinajstić information content (AvgIpc) is 3.09. The lowest BCUT2D eigenvalue weighted by Gasteiger charge is -2.38. The Bertz CT molecular complexity index is 537. The molecular weight excluding hydrogens is 312 g/mol. The van der Waals surface area contributed by atoms with Gasteiger partial charge in [0, 0.05) is 63.0 Å². The minimum absolute atomic E-state index is 0.611. The first-order valence-electron chi connectivity index (χ1n) is 8.30. The van der Waals surface area contributed by atoms with Gasteiger partial charge in [0.05, 0.1) is 6.61 Å². The van der Waals surface area contributed by atoms with Crippen LogP contribution in [0.15, 0.2) is 29.3 Å². The molecule has 1 N–H and O–H groups in total. The number of nitrogens with zero attached hydrogens (tertiary/aromatic N) is 3. The molecule has 2 aliphatic rings. The van der Waals surface area contributed by atoms with Crippen LogP contribution in [0.2, 0.25) is 5.02 Å². The Hall–Kier alpha value is -1.46. The number of anilines is 1. The molecular formula is C17H25ClN4O. The highest BCUT2D eigenvalue weighted by molar-refractivity contribution is 6.30. The summed E-state index contributed by atoms with van der Waals surface area (Å²) in [4.78, 5) is 9.14. The van der Waals surface area contributed by atoms with E-state index >= 15 is 0 Å². The summed E-state index contributed by atoms with van der Waals surface area (Å²) in [5, 5.41) is 4.29. The molecule has 0 spiro atoms. The van der Waals surface area contributed by atoms with Gasteiger partial charge < -0.3 is 19.9 Å². The van der Waals surface area contributed by atoms with Gasteiger partial charge in [0.15, 0.2) is 5.96 Å². The summed E-state index contributed by atoms with van der Waals surface area (Å²) >= 11 is 6.09. The van der Waals surface area contributed by atoms with Gasteiger partial charge in [-0.2, -0.15) is 0 Å². The van der Waals surface area contributed by atoms with Crippen molar-refractivity contribution in [3.8, 4) is 0 Å². The van der Waals surface area contributed by atoms with Gasteiger partial charge in [0.1, 0.15) is 0 Å². The Labute approximate surface area is 143 Å². The minimum atomic E-state index is 0.611. The number of ether oxygens (including phenoxy) is 1. The van der Waals surface area contributed by atoms with E-state index in [1.54, 1.807) is 0 Å². The van der Waals surface area contributed by atoms with E-state index in [2.05, 4.69) is 26.2 Å². The fourth-order valence-corrected chi connectivity index (χ4v) is 3.35. The first-order valence-corrected chi connectivity index (χ1v) is 8.68. The van der Waals surface area contributed by atoms with E-state index < -0.39 is 0 Å². The average molecular weight is 337 g/mol. The highest BCUT2D eigenvalue weighted by Gasteiger charge is 2.21. The van der Waals surface area contributed by atoms with E-state index in [9.17, 15) is 0 Å². The van der Waals surface area contributed by atoms with E-state index in [1.165, 1.54) is 5.69 Å². The van der Waals surface area contributed by atoms with Crippen molar-refractivity contribution >= 4 is 23.2 Å². The number of aliphatic imine (C=N–C) groups is 1. The maximum atomic E-state index is 6.09. The fraction of sp³-hybridized carbons (Fsp3) is 0.588. The van der Waals surface area contributed by atoms with E-state index in [0.717, 1.165) is 63.3 Å². The van der Waals surface area contributed by atoms with Crippen molar-refractivity contribution in [2.24, 2.45) is 10.9 Å². The van der Waals surface area contributed by atoms with E-state index in [-0.39, 0.29) is 0 Å². The van der Waals surface area contributed by atoms with Crippen molar-refractivity contribution in [1.29, 1.82) is 0 Å². The molecule has 23 heavy (non-hydrogen) atoms. The zero-order valence-electron chi connectivity index (χ0n) is 13.7. The lowest BCUT2D eigenvalue weighted by atomic mass is 10.1. The smallest absolute Gasteiger partial charge is 0.193 e. The Morgan fingerprint density at radius 3 is 2.83 bits per heavy atom. The van der Waals surface area contributed by atoms with Gasteiger partial charge in [-0.15, -0.1) is 0 Å². The summed E-state index contributed by atoms with van der Waals surface area (Å²) in [6.45, 7) is 6.60. The molecule has 1 atom stereocenters. The second-order valence-corrected chi connectivity index (χ2v) is 6.55. The molecule has 0 aliphatic carbocycles. The topological polar surface area (TPSA) is 40.1 Å². The van der Waals surface area contributed by atoms with E-state index in [4.69, 9.17) is 16.3 Å². The first-order chi connectivity index (χ1) is 11.3. The molecule has 3 rings (SSSR count). The molecule has 0 saturated carbocycles. The summed E-state index contributed by atoms with van der Waals surface area (Å²) in [5.41, 5.74) is 1.20. The summed E-state index contributed by atoms with van der Waals surface area (Å²) in [5.74, 6) is 1.61. The third-order valence-corrected chi connectivity index (χ3v) is 4.77. The van der Waals surface area contributed by atoms with Crippen molar-refractivity contribution in [2.45, 2.75) is 6.42 Å². The third kappa shape index (κ3) is 4.30. The molecule has 5 nitrogen and oxygen atoms in total. The monoisotopic (exact) mass is 336 g/mol. The van der Waals surface area contributed by atoms with Crippen LogP contribution < -0.4 is 10.2 Å². The summed E-state index contributed by atoms with van der Waals surface area (Å²) < 4.78 is 5.43. The van der Waals surface area contributed by atoms with Gasteiger partial charge in [-0.05, 0) is 24.6 Å². The predicted molar refractivity (Wildman–Crippen MR) is 95.5 cm³/mol. The lowest BCUT2D eigenvalue weighted by molar-refractivity contribution is 0.186. The number of benzene rings is 1. The van der Waals surface area contributed by atoms with Crippen LogP contribution in [0.4, 0.5) is 5.69 Å². The third-order valence-electron chi connectivity index (χ3n) is 4.54. The number of rotatable bonds is 3. The van der Waals surface area contributed by atoms with Crippen molar-refractivity contribution in [3.05, 3.63) is 29.3 Å². The molecule has 0 radical (unpaired) electrons. The van der Waals surface area contributed by atoms with Gasteiger partial charge >= 0.3 is 0 Å². The van der Waals surface area contributed by atoms with Crippen LogP contribution in [0.5, 0.6) is 0 Å². The summed E-state index contributed by atoms with van der Waals surface area (Å²) in [6, 6.07) is 8.08. The highest BCUT2D eigenvalue weighted by atomic mass is 35.5. The highest BCUT2D eigenvalue weighted by Crippen LogP contribution is 2.20. The number of nitrogens with one attached hydrogen (secondary N) is 1. The largest absolute Gasteiger partial charge is 0.381 e. The Kier molecular flexibility index (Phi) is 5.62. The second-order valence-electron chi connectivity index (χ2n) is 6.11. The Morgan fingerprint density at radius 1 is 1.35 bits per heavy atom. The van der Waals surface area contributed by atoms with Crippen molar-refractivity contribution < 1.29 is 4.74 Å². The van der Waals surface area contributed by atoms with Crippen LogP contribution in [0.25, 0.3) is 0 Å².